The van der Waals surface area contributed by atoms with Gasteiger partial charge in [0, 0.05) is 11.1 Å². The van der Waals surface area contributed by atoms with Gasteiger partial charge in [0.25, 0.3) is 0 Å². The number of rotatable bonds is 6. The molecule has 0 saturated heterocycles. The fourth-order valence-corrected chi connectivity index (χ4v) is 5.57. The topological polar surface area (TPSA) is 104 Å². The van der Waals surface area contributed by atoms with Crippen LogP contribution in [-0.2, 0) is 20.2 Å². The zero-order chi connectivity index (χ0) is 23.9. The van der Waals surface area contributed by atoms with Gasteiger partial charge in [0.05, 0.1) is 0 Å². The van der Waals surface area contributed by atoms with Gasteiger partial charge in [-0.25, -0.2) is 0 Å². The third-order valence-electron chi connectivity index (χ3n) is 5.24. The van der Waals surface area contributed by atoms with Gasteiger partial charge in [-0.2, -0.15) is 16.8 Å². The van der Waals surface area contributed by atoms with Gasteiger partial charge in [0.15, 0.2) is 5.78 Å². The highest BCUT2D eigenvalue weighted by Crippen LogP contribution is 2.39. The van der Waals surface area contributed by atoms with Crippen molar-refractivity contribution in [2.24, 2.45) is 0 Å². The van der Waals surface area contributed by atoms with Crippen LogP contribution in [0.25, 0.3) is 11.1 Å². The van der Waals surface area contributed by atoms with Crippen LogP contribution < -0.4 is 8.37 Å². The molecule has 0 spiro atoms. The Morgan fingerprint density at radius 1 is 0.471 bits per heavy atom. The molecule has 0 heterocycles. The second-order valence-electron chi connectivity index (χ2n) is 7.44. The average Bonchev–Trinajstić information content (AvgIpc) is 3.11. The molecule has 9 heteroatoms. The maximum Gasteiger partial charge on any atom is 0.339 e. The van der Waals surface area contributed by atoms with Crippen LogP contribution in [0.4, 0.5) is 0 Å². The number of hydrogen-bond donors (Lipinski definition) is 0. The zero-order valence-electron chi connectivity index (χ0n) is 17.4. The molecule has 0 saturated carbocycles. The standard InChI is InChI=1S/C25H16O7S2/c26-25-23-15-19(33(27,28)31-17-7-3-1-4-8-17)11-13-21(23)22-14-12-20(16-24(22)25)34(29,30)32-18-9-5-2-6-10-18/h1-16H. The van der Waals surface area contributed by atoms with E-state index in [9.17, 15) is 21.6 Å². The first-order valence-electron chi connectivity index (χ1n) is 10.1. The third-order valence-corrected chi connectivity index (χ3v) is 7.72. The van der Waals surface area contributed by atoms with Gasteiger partial charge in [-0.1, -0.05) is 48.5 Å². The minimum Gasteiger partial charge on any atom is -0.379 e. The Balaban J connectivity index is 1.48. The summed E-state index contributed by atoms with van der Waals surface area (Å²) in [6.07, 6.45) is 0. The summed E-state index contributed by atoms with van der Waals surface area (Å²) < 4.78 is 61.1. The minimum absolute atomic E-state index is 0.144. The molecular weight excluding hydrogens is 476 g/mol. The largest absolute Gasteiger partial charge is 0.379 e. The predicted octanol–water partition coefficient (Wildman–Crippen LogP) is 4.43. The molecule has 0 unspecified atom stereocenters. The molecule has 4 aromatic carbocycles. The summed E-state index contributed by atoms with van der Waals surface area (Å²) in [6, 6.07) is 24.2. The Morgan fingerprint density at radius 2 is 0.853 bits per heavy atom. The first-order valence-corrected chi connectivity index (χ1v) is 12.9. The van der Waals surface area contributed by atoms with Crippen LogP contribution in [0.5, 0.6) is 11.5 Å². The van der Waals surface area contributed by atoms with Crippen molar-refractivity contribution in [3.05, 3.63) is 108 Å². The van der Waals surface area contributed by atoms with E-state index >= 15 is 0 Å². The molecule has 0 fully saturated rings. The monoisotopic (exact) mass is 492 g/mol. The first-order chi connectivity index (χ1) is 16.2. The van der Waals surface area contributed by atoms with Crippen molar-refractivity contribution < 1.29 is 30.0 Å². The molecular formula is C25H16O7S2. The number of carbonyl (C=O) groups is 1. The van der Waals surface area contributed by atoms with Gasteiger partial charge < -0.3 is 8.37 Å². The van der Waals surface area contributed by atoms with E-state index in [1.54, 1.807) is 36.4 Å². The highest BCUT2D eigenvalue weighted by molar-refractivity contribution is 7.87. The van der Waals surface area contributed by atoms with Gasteiger partial charge in [-0.15, -0.1) is 0 Å². The molecule has 0 aromatic heterocycles. The highest BCUT2D eigenvalue weighted by atomic mass is 32.2. The molecule has 1 aliphatic carbocycles. The van der Waals surface area contributed by atoms with Crippen LogP contribution in [0, 0.1) is 0 Å². The molecule has 0 amide bonds. The van der Waals surface area contributed by atoms with Crippen LogP contribution >= 0.6 is 0 Å². The Hall–Kier alpha value is -3.95. The lowest BCUT2D eigenvalue weighted by Crippen LogP contribution is -2.11. The number of fused-ring (bicyclic) bond motifs is 3. The second kappa shape index (κ2) is 8.12. The van der Waals surface area contributed by atoms with Gasteiger partial charge in [-0.05, 0) is 59.7 Å². The summed E-state index contributed by atoms with van der Waals surface area (Å²) in [5.74, 6) is -0.199. The van der Waals surface area contributed by atoms with E-state index < -0.39 is 26.0 Å². The summed E-state index contributed by atoms with van der Waals surface area (Å²) in [7, 11) is -8.36. The highest BCUT2D eigenvalue weighted by Gasteiger charge is 2.31. The number of benzene rings is 4. The van der Waals surface area contributed by atoms with E-state index in [-0.39, 0.29) is 32.4 Å². The van der Waals surface area contributed by atoms with Gasteiger partial charge >= 0.3 is 20.2 Å². The Morgan fingerprint density at radius 3 is 1.24 bits per heavy atom. The van der Waals surface area contributed by atoms with Crippen molar-refractivity contribution >= 4 is 26.0 Å². The lowest BCUT2D eigenvalue weighted by atomic mass is 10.1. The second-order valence-corrected chi connectivity index (χ2v) is 10.5. The van der Waals surface area contributed by atoms with E-state index in [4.69, 9.17) is 8.37 Å². The Kier molecular flexibility index (Phi) is 5.22. The molecule has 5 rings (SSSR count). The van der Waals surface area contributed by atoms with Crippen molar-refractivity contribution in [2.75, 3.05) is 0 Å². The van der Waals surface area contributed by atoms with Crippen molar-refractivity contribution in [3.8, 4) is 22.6 Å². The smallest absolute Gasteiger partial charge is 0.339 e. The number of hydrogen-bond acceptors (Lipinski definition) is 7. The zero-order valence-corrected chi connectivity index (χ0v) is 19.0. The molecule has 0 radical (unpaired) electrons. The lowest BCUT2D eigenvalue weighted by Gasteiger charge is -2.08. The van der Waals surface area contributed by atoms with Gasteiger partial charge in [0.1, 0.15) is 21.3 Å². The molecule has 0 N–H and O–H groups in total. The average molecular weight is 493 g/mol. The summed E-state index contributed by atoms with van der Waals surface area (Å²) in [4.78, 5) is 12.7. The van der Waals surface area contributed by atoms with E-state index in [1.165, 1.54) is 60.7 Å². The van der Waals surface area contributed by atoms with E-state index in [2.05, 4.69) is 0 Å². The van der Waals surface area contributed by atoms with Crippen molar-refractivity contribution in [3.63, 3.8) is 0 Å². The predicted molar refractivity (Wildman–Crippen MR) is 124 cm³/mol. The molecule has 34 heavy (non-hydrogen) atoms. The summed E-state index contributed by atoms with van der Waals surface area (Å²) >= 11 is 0. The summed E-state index contributed by atoms with van der Waals surface area (Å²) in [6.45, 7) is 0. The normalized spacial score (nSPS) is 12.6. The van der Waals surface area contributed by atoms with E-state index in [1.807, 2.05) is 0 Å². The molecule has 170 valence electrons. The first kappa shape index (κ1) is 21.9. The molecule has 0 bridgehead atoms. The lowest BCUT2D eigenvalue weighted by molar-refractivity contribution is 0.104. The van der Waals surface area contributed by atoms with E-state index in [0.717, 1.165) is 0 Å². The molecule has 0 atom stereocenters. The molecule has 1 aliphatic rings. The van der Waals surface area contributed by atoms with E-state index in [0.29, 0.717) is 11.1 Å². The van der Waals surface area contributed by atoms with Gasteiger partial charge in [-0.3, -0.25) is 4.79 Å². The maximum atomic E-state index is 13.1. The SMILES string of the molecule is O=C1c2cc(S(=O)(=O)Oc3ccccc3)ccc2-c2ccc(S(=O)(=O)Oc3ccccc3)cc21. The van der Waals surface area contributed by atoms with Crippen LogP contribution in [0.2, 0.25) is 0 Å². The van der Waals surface area contributed by atoms with Gasteiger partial charge in [0.2, 0.25) is 0 Å². The van der Waals surface area contributed by atoms with Crippen molar-refractivity contribution in [2.45, 2.75) is 9.79 Å². The van der Waals surface area contributed by atoms with Crippen LogP contribution in [0.15, 0.2) is 107 Å². The van der Waals surface area contributed by atoms with Crippen molar-refractivity contribution in [1.29, 1.82) is 0 Å². The third kappa shape index (κ3) is 3.95. The fourth-order valence-electron chi connectivity index (χ4n) is 3.65. The quantitative estimate of drug-likeness (QED) is 0.323. The maximum absolute atomic E-state index is 13.1. The van der Waals surface area contributed by atoms with Crippen LogP contribution in [0.1, 0.15) is 15.9 Å². The number of carbonyl (C=O) groups excluding carboxylic acids is 1. The summed E-state index contributed by atoms with van der Waals surface area (Å²) in [5.41, 5.74) is 1.30. The van der Waals surface area contributed by atoms with Crippen molar-refractivity contribution in [1.82, 2.24) is 0 Å². The number of para-hydroxylation sites is 2. The summed E-state index contributed by atoms with van der Waals surface area (Å²) in [5, 5.41) is 0. The van der Waals surface area contributed by atoms with Crippen LogP contribution in [0.3, 0.4) is 0 Å². The van der Waals surface area contributed by atoms with Crippen LogP contribution in [-0.4, -0.2) is 22.6 Å². The Labute approximate surface area is 196 Å². The molecule has 4 aromatic rings. The fraction of sp³-hybridized carbons (Fsp3) is 0. The molecule has 7 nitrogen and oxygen atoms in total. The Bertz CT molecular complexity index is 1500. The minimum atomic E-state index is -4.18. The molecule has 0 aliphatic heterocycles. The number of ketones is 1.